The predicted molar refractivity (Wildman–Crippen MR) is 81.1 cm³/mol. The first-order chi connectivity index (χ1) is 9.94. The van der Waals surface area contributed by atoms with Crippen molar-refractivity contribution in [2.75, 3.05) is 23.7 Å². The molecule has 2 rings (SSSR count). The van der Waals surface area contributed by atoms with Crippen LogP contribution in [0, 0.1) is 0 Å². The number of carbonyl (C=O) groups excluding carboxylic acids is 1. The fourth-order valence-electron chi connectivity index (χ4n) is 2.24. The van der Waals surface area contributed by atoms with E-state index in [1.807, 2.05) is 4.90 Å². The van der Waals surface area contributed by atoms with Crippen LogP contribution in [0.25, 0.3) is 0 Å². The van der Waals surface area contributed by atoms with Crippen molar-refractivity contribution in [1.29, 1.82) is 0 Å². The molecule has 1 amide bonds. The number of allylic oxidation sites excluding steroid dienone is 1. The van der Waals surface area contributed by atoms with Gasteiger partial charge in [0.15, 0.2) is 0 Å². The van der Waals surface area contributed by atoms with Crippen LogP contribution in [0.1, 0.15) is 19.8 Å². The van der Waals surface area contributed by atoms with Crippen molar-refractivity contribution in [3.63, 3.8) is 0 Å². The Balaban J connectivity index is 2.00. The number of amides is 1. The molecular formula is C13H18ClN5O2. The second-order valence-electron chi connectivity index (χ2n) is 4.93. The van der Waals surface area contributed by atoms with Gasteiger partial charge in [-0.15, -0.1) is 0 Å². The van der Waals surface area contributed by atoms with E-state index >= 15 is 0 Å². The van der Waals surface area contributed by atoms with Crippen molar-refractivity contribution in [3.05, 3.63) is 23.6 Å². The summed E-state index contributed by atoms with van der Waals surface area (Å²) in [5.74, 6) is 1.15. The summed E-state index contributed by atoms with van der Waals surface area (Å²) in [5.41, 5.74) is 5.60. The number of halogens is 1. The smallest absolute Gasteiger partial charge is 0.412 e. The Morgan fingerprint density at radius 2 is 2.38 bits per heavy atom. The lowest BCUT2D eigenvalue weighted by molar-refractivity contribution is 0.170. The minimum Gasteiger partial charge on any atom is -0.416 e. The number of alkyl carbamates (subject to hydrolysis) is 1. The minimum absolute atomic E-state index is 0.0273. The maximum Gasteiger partial charge on any atom is 0.412 e. The Hall–Kier alpha value is -2.02. The lowest BCUT2D eigenvalue weighted by atomic mass is 10.1. The van der Waals surface area contributed by atoms with Gasteiger partial charge in [0.2, 0.25) is 5.95 Å². The molecule has 0 aromatic carbocycles. The zero-order valence-electron chi connectivity index (χ0n) is 11.8. The van der Waals surface area contributed by atoms with Crippen LogP contribution in [-0.4, -0.2) is 35.2 Å². The quantitative estimate of drug-likeness (QED) is 0.654. The highest BCUT2D eigenvalue weighted by atomic mass is 35.5. The highest BCUT2D eigenvalue weighted by Gasteiger charge is 2.23. The molecule has 7 nitrogen and oxygen atoms in total. The summed E-state index contributed by atoms with van der Waals surface area (Å²) in [6.07, 6.45) is 1.30. The zero-order valence-corrected chi connectivity index (χ0v) is 12.6. The van der Waals surface area contributed by atoms with Gasteiger partial charge in [-0.1, -0.05) is 18.2 Å². The van der Waals surface area contributed by atoms with Gasteiger partial charge in [-0.3, -0.25) is 0 Å². The van der Waals surface area contributed by atoms with Gasteiger partial charge >= 0.3 is 6.09 Å². The number of hydrogen-bond acceptors (Lipinski definition) is 6. The molecule has 0 unspecified atom stereocenters. The molecule has 114 valence electrons. The second kappa shape index (κ2) is 6.62. The molecule has 0 saturated carbocycles. The van der Waals surface area contributed by atoms with Gasteiger partial charge in [-0.25, -0.2) is 9.78 Å². The van der Waals surface area contributed by atoms with Gasteiger partial charge in [0.25, 0.3) is 0 Å². The molecule has 0 radical (unpaired) electrons. The topological polar surface area (TPSA) is 93.4 Å². The molecule has 0 bridgehead atoms. The van der Waals surface area contributed by atoms with E-state index in [4.69, 9.17) is 22.1 Å². The van der Waals surface area contributed by atoms with E-state index in [1.165, 1.54) is 0 Å². The molecule has 8 heteroatoms. The number of nitrogens with zero attached hydrogens (tertiary/aromatic N) is 3. The molecule has 21 heavy (non-hydrogen) atoms. The molecule has 1 aromatic rings. The highest BCUT2D eigenvalue weighted by Crippen LogP contribution is 2.21. The molecule has 1 fully saturated rings. The van der Waals surface area contributed by atoms with E-state index in [1.54, 1.807) is 13.0 Å². The zero-order chi connectivity index (χ0) is 15.4. The van der Waals surface area contributed by atoms with Crippen molar-refractivity contribution < 1.29 is 9.53 Å². The number of hydrogen-bond donors (Lipinski definition) is 2. The summed E-state index contributed by atoms with van der Waals surface area (Å²) >= 11 is 5.89. The summed E-state index contributed by atoms with van der Waals surface area (Å²) < 4.78 is 4.90. The third-order valence-electron chi connectivity index (χ3n) is 3.03. The normalized spacial score (nSPS) is 18.2. The molecule has 0 spiro atoms. The predicted octanol–water partition coefficient (Wildman–Crippen LogP) is 1.94. The van der Waals surface area contributed by atoms with E-state index in [2.05, 4.69) is 21.9 Å². The second-order valence-corrected chi connectivity index (χ2v) is 5.32. The Kier molecular flexibility index (Phi) is 4.85. The number of nitrogens with one attached hydrogen (secondary N) is 1. The van der Waals surface area contributed by atoms with Crippen LogP contribution < -0.4 is 16.0 Å². The molecule has 1 aliphatic rings. The van der Waals surface area contributed by atoms with Gasteiger partial charge in [-0.05, 0) is 19.8 Å². The third-order valence-corrected chi connectivity index (χ3v) is 3.23. The van der Waals surface area contributed by atoms with Crippen LogP contribution in [0.15, 0.2) is 18.4 Å². The van der Waals surface area contributed by atoms with Crippen LogP contribution in [-0.2, 0) is 4.74 Å². The first-order valence-corrected chi connectivity index (χ1v) is 7.00. The number of aromatic nitrogens is 2. The Morgan fingerprint density at radius 1 is 1.62 bits per heavy atom. The fraction of sp³-hybridized carbons (Fsp3) is 0.462. The van der Waals surface area contributed by atoms with E-state index in [0.29, 0.717) is 23.3 Å². The maximum absolute atomic E-state index is 11.6. The number of carbonyl (C=O) groups is 1. The SMILES string of the molecule is C=C(C)OC(=O)N[C@@H]1CCCN(c2cc(Cl)nc(N)n2)C1. The average Bonchev–Trinajstić information content (AvgIpc) is 2.36. The van der Waals surface area contributed by atoms with Crippen molar-refractivity contribution in [3.8, 4) is 0 Å². The van der Waals surface area contributed by atoms with Gasteiger partial charge in [0.05, 0.1) is 5.76 Å². The number of nitrogens with two attached hydrogens (primary N) is 1. The van der Waals surface area contributed by atoms with E-state index in [0.717, 1.165) is 19.4 Å². The highest BCUT2D eigenvalue weighted by molar-refractivity contribution is 6.29. The van der Waals surface area contributed by atoms with E-state index in [-0.39, 0.29) is 12.0 Å². The summed E-state index contributed by atoms with van der Waals surface area (Å²) in [6.45, 7) is 6.58. The van der Waals surface area contributed by atoms with Crippen LogP contribution in [0.4, 0.5) is 16.6 Å². The largest absolute Gasteiger partial charge is 0.416 e. The van der Waals surface area contributed by atoms with Gasteiger partial charge in [0, 0.05) is 25.2 Å². The molecule has 1 aliphatic heterocycles. The molecule has 1 atom stereocenters. The molecule has 1 saturated heterocycles. The third kappa shape index (κ3) is 4.49. The summed E-state index contributed by atoms with van der Waals surface area (Å²) in [4.78, 5) is 21.6. The van der Waals surface area contributed by atoms with Crippen LogP contribution in [0.3, 0.4) is 0 Å². The van der Waals surface area contributed by atoms with Crippen LogP contribution >= 0.6 is 11.6 Å². The molecular weight excluding hydrogens is 294 g/mol. The van der Waals surface area contributed by atoms with Crippen LogP contribution in [0.5, 0.6) is 0 Å². The van der Waals surface area contributed by atoms with Gasteiger partial charge < -0.3 is 20.7 Å². The number of rotatable bonds is 3. The summed E-state index contributed by atoms with van der Waals surface area (Å²) in [6, 6.07) is 1.63. The van der Waals surface area contributed by atoms with E-state index < -0.39 is 6.09 Å². The molecule has 1 aromatic heterocycles. The number of anilines is 2. The maximum atomic E-state index is 11.6. The molecule has 0 aliphatic carbocycles. The average molecular weight is 312 g/mol. The minimum atomic E-state index is -0.491. The Labute approximate surface area is 128 Å². The van der Waals surface area contributed by atoms with Crippen molar-refractivity contribution in [1.82, 2.24) is 15.3 Å². The lowest BCUT2D eigenvalue weighted by Gasteiger charge is -2.33. The monoisotopic (exact) mass is 311 g/mol. The Bertz CT molecular complexity index is 531. The van der Waals surface area contributed by atoms with Crippen molar-refractivity contribution >= 4 is 29.5 Å². The standard InChI is InChI=1S/C13H18ClN5O2/c1-8(2)21-13(20)16-9-4-3-5-19(7-9)11-6-10(14)17-12(15)18-11/h6,9H,1,3-5,7H2,2H3,(H,16,20)(H2,15,17,18)/t9-/m1/s1. The molecule has 3 N–H and O–H groups in total. The summed E-state index contributed by atoms with van der Waals surface area (Å²) in [7, 11) is 0. The fourth-order valence-corrected chi connectivity index (χ4v) is 2.43. The first kappa shape index (κ1) is 15.4. The number of nitrogen functional groups attached to an aromatic ring is 1. The van der Waals surface area contributed by atoms with Crippen LogP contribution in [0.2, 0.25) is 5.15 Å². The van der Waals surface area contributed by atoms with Crippen molar-refractivity contribution in [2.45, 2.75) is 25.8 Å². The van der Waals surface area contributed by atoms with Gasteiger partial charge in [-0.2, -0.15) is 4.98 Å². The number of piperidine rings is 1. The summed E-state index contributed by atoms with van der Waals surface area (Å²) in [5, 5.41) is 3.11. The number of ether oxygens (including phenoxy) is 1. The first-order valence-electron chi connectivity index (χ1n) is 6.63. The molecule has 2 heterocycles. The van der Waals surface area contributed by atoms with E-state index in [9.17, 15) is 4.79 Å². The van der Waals surface area contributed by atoms with Crippen molar-refractivity contribution in [2.24, 2.45) is 0 Å². The lowest BCUT2D eigenvalue weighted by Crippen LogP contribution is -2.48. The van der Waals surface area contributed by atoms with Gasteiger partial charge in [0.1, 0.15) is 11.0 Å². The Morgan fingerprint density at radius 3 is 3.05 bits per heavy atom.